The van der Waals surface area contributed by atoms with E-state index < -0.39 is 0 Å². The Morgan fingerprint density at radius 1 is 1.50 bits per heavy atom. The summed E-state index contributed by atoms with van der Waals surface area (Å²) in [5.74, 6) is 0.552. The molecule has 104 valence electrons. The molecule has 0 aliphatic heterocycles. The second-order valence-electron chi connectivity index (χ2n) is 5.94. The van der Waals surface area contributed by atoms with Crippen LogP contribution in [0.15, 0.2) is 6.07 Å². The first kappa shape index (κ1) is 12.1. The number of carbonyl (C=O) groups excluding carboxylic acids is 1. The molecule has 3 N–H and O–H groups in total. The van der Waals surface area contributed by atoms with Crippen LogP contribution in [0.4, 0.5) is 5.69 Å². The number of aryl methyl sites for hydroxylation is 2. The lowest BCUT2D eigenvalue weighted by molar-refractivity contribution is 0.0954. The Labute approximate surface area is 121 Å². The molecule has 2 unspecified atom stereocenters. The number of amides is 1. The zero-order chi connectivity index (χ0) is 13.9. The molecule has 1 amide bonds. The lowest BCUT2D eigenvalue weighted by Crippen LogP contribution is -2.26. The van der Waals surface area contributed by atoms with E-state index >= 15 is 0 Å². The summed E-state index contributed by atoms with van der Waals surface area (Å²) in [5.41, 5.74) is 9.25. The second-order valence-corrected chi connectivity index (χ2v) is 6.94. The summed E-state index contributed by atoms with van der Waals surface area (Å²) in [6.45, 7) is 2.14. The fraction of sp³-hybridized carbons (Fsp3) is 0.467. The van der Waals surface area contributed by atoms with Crippen LogP contribution in [0.1, 0.15) is 40.7 Å². The standard InChI is InChI=1S/C15H17N3OS/c1-7-5-11(7)17-14(19)13-12(16)9-6-8-3-2-4-10(8)18-15(9)20-13/h6-7,11H,2-5,16H2,1H3,(H,17,19). The number of anilines is 1. The van der Waals surface area contributed by atoms with Crippen molar-refractivity contribution in [1.29, 1.82) is 0 Å². The van der Waals surface area contributed by atoms with Crippen molar-refractivity contribution in [1.82, 2.24) is 10.3 Å². The van der Waals surface area contributed by atoms with Crippen molar-refractivity contribution >= 4 is 33.1 Å². The molecule has 4 nitrogen and oxygen atoms in total. The molecule has 5 heteroatoms. The maximum atomic E-state index is 12.3. The summed E-state index contributed by atoms with van der Waals surface area (Å²) in [4.78, 5) is 18.5. The number of nitrogens with two attached hydrogens (primary N) is 1. The van der Waals surface area contributed by atoms with Crippen molar-refractivity contribution in [3.8, 4) is 0 Å². The molecule has 0 spiro atoms. The minimum absolute atomic E-state index is 0.0417. The molecule has 2 aromatic rings. The quantitative estimate of drug-likeness (QED) is 0.891. The first-order valence-corrected chi connectivity index (χ1v) is 7.97. The van der Waals surface area contributed by atoms with E-state index in [2.05, 4.69) is 23.3 Å². The Kier molecular flexibility index (Phi) is 2.54. The van der Waals surface area contributed by atoms with Gasteiger partial charge < -0.3 is 11.1 Å². The van der Waals surface area contributed by atoms with E-state index in [1.165, 1.54) is 29.0 Å². The van der Waals surface area contributed by atoms with Crippen LogP contribution < -0.4 is 11.1 Å². The smallest absolute Gasteiger partial charge is 0.263 e. The molecule has 1 saturated carbocycles. The number of nitrogens with one attached hydrogen (secondary N) is 1. The zero-order valence-electron chi connectivity index (χ0n) is 11.4. The molecule has 2 aliphatic rings. The monoisotopic (exact) mass is 287 g/mol. The maximum absolute atomic E-state index is 12.3. The van der Waals surface area contributed by atoms with Crippen molar-refractivity contribution in [3.63, 3.8) is 0 Å². The predicted molar refractivity (Wildman–Crippen MR) is 81.1 cm³/mol. The third kappa shape index (κ3) is 1.80. The summed E-state index contributed by atoms with van der Waals surface area (Å²) in [6, 6.07) is 2.46. The number of pyridine rings is 1. The maximum Gasteiger partial charge on any atom is 0.263 e. The van der Waals surface area contributed by atoms with Gasteiger partial charge >= 0.3 is 0 Å². The number of nitrogens with zero attached hydrogens (tertiary/aromatic N) is 1. The Bertz CT molecular complexity index is 721. The van der Waals surface area contributed by atoms with Crippen LogP contribution in [0.2, 0.25) is 0 Å². The Morgan fingerprint density at radius 2 is 2.30 bits per heavy atom. The van der Waals surface area contributed by atoms with Gasteiger partial charge in [-0.25, -0.2) is 4.98 Å². The molecule has 20 heavy (non-hydrogen) atoms. The molecule has 0 radical (unpaired) electrons. The average molecular weight is 287 g/mol. The van der Waals surface area contributed by atoms with Crippen molar-refractivity contribution in [2.45, 2.75) is 38.6 Å². The van der Waals surface area contributed by atoms with E-state index in [0.717, 1.165) is 29.5 Å². The summed E-state index contributed by atoms with van der Waals surface area (Å²) >= 11 is 1.42. The van der Waals surface area contributed by atoms with Crippen molar-refractivity contribution < 1.29 is 4.79 Å². The molecule has 2 heterocycles. The highest BCUT2D eigenvalue weighted by atomic mass is 32.1. The van der Waals surface area contributed by atoms with Gasteiger partial charge in [0.15, 0.2) is 0 Å². The average Bonchev–Trinajstić information content (AvgIpc) is 2.85. The Morgan fingerprint density at radius 3 is 3.05 bits per heavy atom. The van der Waals surface area contributed by atoms with Gasteiger partial charge in [0, 0.05) is 17.1 Å². The molecular formula is C15H17N3OS. The molecular weight excluding hydrogens is 270 g/mol. The molecule has 0 bridgehead atoms. The van der Waals surface area contributed by atoms with E-state index in [-0.39, 0.29) is 5.91 Å². The van der Waals surface area contributed by atoms with Crippen LogP contribution in [0.3, 0.4) is 0 Å². The van der Waals surface area contributed by atoms with Crippen LogP contribution in [-0.2, 0) is 12.8 Å². The Hall–Kier alpha value is -1.62. The molecule has 2 aromatic heterocycles. The molecule has 4 rings (SSSR count). The number of fused-ring (bicyclic) bond motifs is 2. The third-order valence-electron chi connectivity index (χ3n) is 4.38. The SMILES string of the molecule is CC1CC1NC(=O)c1sc2nc3c(cc2c1N)CCC3. The highest BCUT2D eigenvalue weighted by Crippen LogP contribution is 2.36. The van der Waals surface area contributed by atoms with Crippen LogP contribution in [0.5, 0.6) is 0 Å². The molecule has 2 atom stereocenters. The van der Waals surface area contributed by atoms with Gasteiger partial charge in [-0.15, -0.1) is 11.3 Å². The highest BCUT2D eigenvalue weighted by molar-refractivity contribution is 7.21. The summed E-state index contributed by atoms with van der Waals surface area (Å²) in [6.07, 6.45) is 4.37. The van der Waals surface area contributed by atoms with Crippen LogP contribution in [0.25, 0.3) is 10.2 Å². The van der Waals surface area contributed by atoms with E-state index in [1.54, 1.807) is 0 Å². The lowest BCUT2D eigenvalue weighted by atomic mass is 10.1. The fourth-order valence-corrected chi connectivity index (χ4v) is 3.92. The van der Waals surface area contributed by atoms with Crippen molar-refractivity contribution in [2.75, 3.05) is 5.73 Å². The number of thiophene rings is 1. The number of hydrogen-bond donors (Lipinski definition) is 2. The van der Waals surface area contributed by atoms with Gasteiger partial charge in [-0.2, -0.15) is 0 Å². The number of carbonyl (C=O) groups is 1. The molecule has 2 aliphatic carbocycles. The van der Waals surface area contributed by atoms with E-state index in [9.17, 15) is 4.79 Å². The molecule has 1 fully saturated rings. The van der Waals surface area contributed by atoms with Crippen LogP contribution in [0, 0.1) is 5.92 Å². The van der Waals surface area contributed by atoms with Crippen molar-refractivity contribution in [3.05, 3.63) is 22.2 Å². The van der Waals surface area contributed by atoms with Gasteiger partial charge in [0.25, 0.3) is 5.91 Å². The van der Waals surface area contributed by atoms with E-state index in [0.29, 0.717) is 22.5 Å². The topological polar surface area (TPSA) is 68.0 Å². The van der Waals surface area contributed by atoms with E-state index in [1.807, 2.05) is 0 Å². The Balaban J connectivity index is 1.73. The number of rotatable bonds is 2. The number of nitrogen functional groups attached to an aromatic ring is 1. The second kappa shape index (κ2) is 4.19. The minimum atomic E-state index is -0.0417. The molecule has 0 aromatic carbocycles. The van der Waals surface area contributed by atoms with Gasteiger partial charge in [0.1, 0.15) is 9.71 Å². The lowest BCUT2D eigenvalue weighted by Gasteiger charge is -2.02. The summed E-state index contributed by atoms with van der Waals surface area (Å²) in [7, 11) is 0. The van der Waals surface area contributed by atoms with Crippen LogP contribution in [-0.4, -0.2) is 16.9 Å². The first-order valence-electron chi connectivity index (χ1n) is 7.15. The first-order chi connectivity index (χ1) is 9.63. The number of hydrogen-bond acceptors (Lipinski definition) is 4. The van der Waals surface area contributed by atoms with Gasteiger partial charge in [-0.1, -0.05) is 6.92 Å². The summed E-state index contributed by atoms with van der Waals surface area (Å²) < 4.78 is 0. The minimum Gasteiger partial charge on any atom is -0.397 e. The van der Waals surface area contributed by atoms with Gasteiger partial charge in [-0.05, 0) is 43.2 Å². The third-order valence-corrected chi connectivity index (χ3v) is 5.50. The number of aromatic nitrogens is 1. The van der Waals surface area contributed by atoms with E-state index in [4.69, 9.17) is 5.73 Å². The van der Waals surface area contributed by atoms with Crippen molar-refractivity contribution in [2.24, 2.45) is 5.92 Å². The largest absolute Gasteiger partial charge is 0.397 e. The van der Waals surface area contributed by atoms with Gasteiger partial charge in [-0.3, -0.25) is 4.79 Å². The summed E-state index contributed by atoms with van der Waals surface area (Å²) in [5, 5.41) is 3.99. The van der Waals surface area contributed by atoms with Crippen LogP contribution >= 0.6 is 11.3 Å². The normalized spacial score (nSPS) is 23.9. The fourth-order valence-electron chi connectivity index (χ4n) is 2.92. The predicted octanol–water partition coefficient (Wildman–Crippen LogP) is 2.51. The van der Waals surface area contributed by atoms with Gasteiger partial charge in [0.2, 0.25) is 0 Å². The zero-order valence-corrected chi connectivity index (χ0v) is 12.2. The highest BCUT2D eigenvalue weighted by Gasteiger charge is 2.35. The van der Waals surface area contributed by atoms with Gasteiger partial charge in [0.05, 0.1) is 5.69 Å². The molecule has 0 saturated heterocycles.